The molecule has 11 nitrogen and oxygen atoms in total. The van der Waals surface area contributed by atoms with Crippen molar-refractivity contribution in [2.75, 3.05) is 6.54 Å². The fourth-order valence-electron chi connectivity index (χ4n) is 6.64. The van der Waals surface area contributed by atoms with E-state index in [1.165, 1.54) is 96.3 Å². The molecule has 54 heavy (non-hydrogen) atoms. The van der Waals surface area contributed by atoms with Crippen LogP contribution in [0.5, 0.6) is 0 Å². The van der Waals surface area contributed by atoms with Crippen molar-refractivity contribution in [2.45, 2.75) is 225 Å². The Morgan fingerprint density at radius 3 is 1.28 bits per heavy atom. The number of allylic oxidation sites excluding steroid dienone is 2. The van der Waals surface area contributed by atoms with E-state index in [1.54, 1.807) is 0 Å². The molecule has 0 aliphatic rings. The number of rotatable bonds is 37. The van der Waals surface area contributed by atoms with Gasteiger partial charge in [0.15, 0.2) is 11.7 Å². The summed E-state index contributed by atoms with van der Waals surface area (Å²) in [7, 11) is 0. The van der Waals surface area contributed by atoms with E-state index < -0.39 is 41.6 Å². The van der Waals surface area contributed by atoms with E-state index in [9.17, 15) is 19.2 Å². The standard InChI is InChI=1S/C43H83N7O4/c1-3-5-7-9-11-13-15-17-18-20-22-24-26-28-30-34-38(52)50(37(51)33-29-27-25-23-21-19-16-14-12-10-8-6-4-2)42(54)40(46)39(45)41(53)36(44)32-31-35-49-43(47)48/h17-18,36,39-40H,3-16,19-35,44-46H2,1-2H3,(H4,47,48,49)/b18-17-/t36-,39?,40-/m0/s1. The van der Waals surface area contributed by atoms with Gasteiger partial charge in [0, 0.05) is 19.4 Å². The second kappa shape index (κ2) is 36.0. The summed E-state index contributed by atoms with van der Waals surface area (Å²) in [6, 6.07) is -4.03. The molecule has 0 aliphatic heterocycles. The summed E-state index contributed by atoms with van der Waals surface area (Å²) in [4.78, 5) is 57.8. The van der Waals surface area contributed by atoms with Gasteiger partial charge in [-0.05, 0) is 51.4 Å². The maximum absolute atomic E-state index is 13.6. The van der Waals surface area contributed by atoms with Crippen molar-refractivity contribution in [2.24, 2.45) is 33.7 Å². The maximum Gasteiger partial charge on any atom is 0.255 e. The Bertz CT molecular complexity index is 1030. The largest absolute Gasteiger partial charge is 0.370 e. The normalized spacial score (nSPS) is 13.1. The minimum atomic E-state index is -1.57. The molecular formula is C43H83N7O4. The number of nitrogens with zero attached hydrogens (tertiary/aromatic N) is 2. The number of carbonyl (C=O) groups is 4. The minimum absolute atomic E-state index is 0.0501. The third-order valence-electron chi connectivity index (χ3n) is 10.2. The number of guanidine groups is 1. The average molecular weight is 762 g/mol. The van der Waals surface area contributed by atoms with E-state index in [0.29, 0.717) is 24.2 Å². The van der Waals surface area contributed by atoms with Crippen molar-refractivity contribution in [3.63, 3.8) is 0 Å². The molecule has 3 atom stereocenters. The number of imide groups is 3. The minimum Gasteiger partial charge on any atom is -0.370 e. The van der Waals surface area contributed by atoms with Crippen LogP contribution in [-0.4, -0.2) is 59.0 Å². The number of hydrogen-bond donors (Lipinski definition) is 5. The van der Waals surface area contributed by atoms with Crippen molar-refractivity contribution in [1.29, 1.82) is 0 Å². The van der Waals surface area contributed by atoms with Gasteiger partial charge in [-0.2, -0.15) is 0 Å². The van der Waals surface area contributed by atoms with E-state index >= 15 is 0 Å². The Labute approximate surface area is 329 Å². The first-order chi connectivity index (χ1) is 26.1. The van der Waals surface area contributed by atoms with Gasteiger partial charge in [-0.3, -0.25) is 24.2 Å². The first-order valence-corrected chi connectivity index (χ1v) is 22.0. The first kappa shape index (κ1) is 51.4. The second-order valence-electron chi connectivity index (χ2n) is 15.3. The Kier molecular flexibility index (Phi) is 34.3. The van der Waals surface area contributed by atoms with Crippen LogP contribution in [0.3, 0.4) is 0 Å². The summed E-state index contributed by atoms with van der Waals surface area (Å²) in [6.45, 7) is 4.77. The van der Waals surface area contributed by atoms with Crippen molar-refractivity contribution >= 4 is 29.5 Å². The highest BCUT2D eigenvalue weighted by atomic mass is 16.2. The molecule has 0 bridgehead atoms. The third kappa shape index (κ3) is 27.9. The molecule has 0 aromatic heterocycles. The summed E-state index contributed by atoms with van der Waals surface area (Å²) < 4.78 is 0. The van der Waals surface area contributed by atoms with Crippen LogP contribution in [0.4, 0.5) is 0 Å². The summed E-state index contributed by atoms with van der Waals surface area (Å²) in [5.41, 5.74) is 29.0. The van der Waals surface area contributed by atoms with Crippen LogP contribution < -0.4 is 28.7 Å². The molecule has 0 spiro atoms. The van der Waals surface area contributed by atoms with E-state index in [-0.39, 0.29) is 31.8 Å². The van der Waals surface area contributed by atoms with Crippen LogP contribution in [-0.2, 0) is 19.2 Å². The van der Waals surface area contributed by atoms with Crippen molar-refractivity contribution in [3.8, 4) is 0 Å². The molecule has 11 heteroatoms. The quantitative estimate of drug-likeness (QED) is 0.0179. The van der Waals surface area contributed by atoms with Gasteiger partial charge in [-0.15, -0.1) is 0 Å². The van der Waals surface area contributed by atoms with Crippen molar-refractivity contribution in [1.82, 2.24) is 4.90 Å². The summed E-state index contributed by atoms with van der Waals surface area (Å²) in [6.07, 6.45) is 35.0. The van der Waals surface area contributed by atoms with E-state index in [4.69, 9.17) is 28.7 Å². The fraction of sp³-hybridized carbons (Fsp3) is 0.837. The Balaban J connectivity index is 4.89. The second-order valence-corrected chi connectivity index (χ2v) is 15.3. The molecule has 0 aromatic rings. The third-order valence-corrected chi connectivity index (χ3v) is 10.2. The molecule has 0 heterocycles. The number of ketones is 1. The molecule has 0 saturated heterocycles. The number of unbranched alkanes of at least 4 members (excludes halogenated alkanes) is 23. The zero-order chi connectivity index (χ0) is 40.2. The van der Waals surface area contributed by atoms with E-state index in [0.717, 1.165) is 57.8 Å². The molecule has 0 saturated carbocycles. The lowest BCUT2D eigenvalue weighted by molar-refractivity contribution is -0.155. The highest BCUT2D eigenvalue weighted by Crippen LogP contribution is 2.16. The van der Waals surface area contributed by atoms with E-state index in [2.05, 4.69) is 31.0 Å². The van der Waals surface area contributed by atoms with Crippen molar-refractivity contribution in [3.05, 3.63) is 12.2 Å². The highest BCUT2D eigenvalue weighted by molar-refractivity contribution is 6.13. The topological polar surface area (TPSA) is 214 Å². The zero-order valence-corrected chi connectivity index (χ0v) is 34.7. The van der Waals surface area contributed by atoms with E-state index in [1.807, 2.05) is 0 Å². The van der Waals surface area contributed by atoms with Gasteiger partial charge < -0.3 is 28.7 Å². The van der Waals surface area contributed by atoms with Crippen LogP contribution in [0, 0.1) is 0 Å². The average Bonchev–Trinajstić information content (AvgIpc) is 3.15. The fourth-order valence-corrected chi connectivity index (χ4v) is 6.64. The number of Topliss-reactive ketones (excluding diaryl/α,β-unsaturated/α-hetero) is 1. The number of aliphatic imine (C=N–C) groups is 1. The van der Waals surface area contributed by atoms with Gasteiger partial charge >= 0.3 is 0 Å². The van der Waals surface area contributed by atoms with Crippen LogP contribution in [0.25, 0.3) is 0 Å². The molecule has 0 fully saturated rings. The predicted octanol–water partition coefficient (Wildman–Crippen LogP) is 7.99. The van der Waals surface area contributed by atoms with Gasteiger partial charge in [0.1, 0.15) is 6.04 Å². The number of amides is 3. The van der Waals surface area contributed by atoms with Gasteiger partial charge in [0.25, 0.3) is 5.91 Å². The Morgan fingerprint density at radius 1 is 0.519 bits per heavy atom. The summed E-state index contributed by atoms with van der Waals surface area (Å²) >= 11 is 0. The lowest BCUT2D eigenvalue weighted by atomic mass is 9.96. The number of nitrogens with two attached hydrogens (primary N) is 5. The molecule has 3 amide bonds. The van der Waals surface area contributed by atoms with Crippen LogP contribution in [0.1, 0.15) is 206 Å². The summed E-state index contributed by atoms with van der Waals surface area (Å²) in [5.74, 6) is -2.80. The predicted molar refractivity (Wildman–Crippen MR) is 225 cm³/mol. The molecule has 10 N–H and O–H groups in total. The zero-order valence-electron chi connectivity index (χ0n) is 34.7. The Morgan fingerprint density at radius 2 is 0.889 bits per heavy atom. The van der Waals surface area contributed by atoms with Crippen LogP contribution >= 0.6 is 0 Å². The molecule has 0 aliphatic carbocycles. The molecule has 314 valence electrons. The Hall–Kier alpha value is -2.63. The number of hydrogen-bond acceptors (Lipinski definition) is 8. The molecule has 0 rings (SSSR count). The lowest BCUT2D eigenvalue weighted by Gasteiger charge is -2.26. The van der Waals surface area contributed by atoms with Gasteiger partial charge in [0.05, 0.1) is 12.1 Å². The maximum atomic E-state index is 13.6. The molecule has 0 aromatic carbocycles. The molecular weight excluding hydrogens is 679 g/mol. The van der Waals surface area contributed by atoms with Gasteiger partial charge in [-0.1, -0.05) is 154 Å². The number of carbonyl (C=O) groups excluding carboxylic acids is 4. The van der Waals surface area contributed by atoms with Gasteiger partial charge in [0.2, 0.25) is 11.8 Å². The van der Waals surface area contributed by atoms with Crippen molar-refractivity contribution < 1.29 is 19.2 Å². The first-order valence-electron chi connectivity index (χ1n) is 22.0. The SMILES string of the molecule is CCCCCCCC/C=C\CCCCCCCC(=O)N(C(=O)CCCCCCCCCCCCCCC)C(=O)[C@@H](N)C(N)C(=O)[C@@H](N)CCCN=C(N)N. The lowest BCUT2D eigenvalue weighted by Crippen LogP contribution is -2.61. The molecule has 1 unspecified atom stereocenters. The van der Waals surface area contributed by atoms with Gasteiger partial charge in [-0.25, -0.2) is 4.90 Å². The van der Waals surface area contributed by atoms with Crippen LogP contribution in [0.2, 0.25) is 0 Å². The van der Waals surface area contributed by atoms with Crippen LogP contribution in [0.15, 0.2) is 17.1 Å². The highest BCUT2D eigenvalue weighted by Gasteiger charge is 2.37. The molecule has 0 radical (unpaired) electrons. The summed E-state index contributed by atoms with van der Waals surface area (Å²) in [5, 5.41) is 0. The monoisotopic (exact) mass is 762 g/mol. The smallest absolute Gasteiger partial charge is 0.255 e.